The zero-order chi connectivity index (χ0) is 28.4. The predicted molar refractivity (Wildman–Crippen MR) is 146 cm³/mol. The molecule has 0 amide bonds. The molecule has 6 atom stereocenters. The van der Waals surface area contributed by atoms with Crippen LogP contribution < -0.4 is 0 Å². The molecule has 0 aromatic rings. The SMILES string of the molecule is CC(=O)C1=CO[C@@H](O)[C@@H]2C(CO)=CC[C@H]12.CCC1=CC[C@@H]2C(C(=O)OC)=CO[C@@H](O[Si](C)(C)C(C)(C)C)[C@H]12. The largest absolute Gasteiger partial charge is 0.472 e. The standard InChI is InChI=1S/C18H30O4Si.C11H14O4/c1-8-12-9-10-13-14(16(19)20-5)11-21-17(15(12)13)22-23(6,7)18(2,3)4;1-6(13)9-5-15-11(14)10-7(4-12)2-3-8(9)10/h9,11,13,15,17H,8,10H2,1-7H3;2,5,8,10-12,14H,3-4H2,1H3/t13-,15-,17+;8-,10-,11-/m11/s1. The summed E-state index contributed by atoms with van der Waals surface area (Å²) in [5.41, 5.74) is 3.32. The van der Waals surface area contributed by atoms with Gasteiger partial charge in [-0.3, -0.25) is 4.79 Å². The van der Waals surface area contributed by atoms with Crippen LogP contribution in [0.5, 0.6) is 0 Å². The number of ether oxygens (including phenoxy) is 3. The molecule has 0 spiro atoms. The van der Waals surface area contributed by atoms with Crippen LogP contribution >= 0.6 is 0 Å². The van der Waals surface area contributed by atoms with E-state index in [4.69, 9.17) is 23.7 Å². The van der Waals surface area contributed by atoms with Crippen molar-refractivity contribution in [3.8, 4) is 0 Å². The van der Waals surface area contributed by atoms with Crippen LogP contribution in [-0.4, -0.2) is 56.6 Å². The maximum atomic E-state index is 12.0. The molecule has 0 bridgehead atoms. The summed E-state index contributed by atoms with van der Waals surface area (Å²) in [6.07, 6.45) is 8.28. The fraction of sp³-hybridized carbons (Fsp3) is 0.655. The van der Waals surface area contributed by atoms with Gasteiger partial charge in [0.2, 0.25) is 6.29 Å². The van der Waals surface area contributed by atoms with Gasteiger partial charge in [0.05, 0.1) is 37.7 Å². The van der Waals surface area contributed by atoms with Gasteiger partial charge in [0.25, 0.3) is 0 Å². The Bertz CT molecular complexity index is 1030. The topological polar surface area (TPSA) is 112 Å². The lowest BCUT2D eigenvalue weighted by Crippen LogP contribution is -2.48. The molecule has 2 heterocycles. The van der Waals surface area contributed by atoms with E-state index in [0.29, 0.717) is 17.6 Å². The fourth-order valence-corrected chi connectivity index (χ4v) is 6.57. The molecule has 38 heavy (non-hydrogen) atoms. The van der Waals surface area contributed by atoms with Gasteiger partial charge in [-0.05, 0) is 49.9 Å². The van der Waals surface area contributed by atoms with E-state index < -0.39 is 14.6 Å². The van der Waals surface area contributed by atoms with Crippen LogP contribution in [0.3, 0.4) is 0 Å². The second kappa shape index (κ2) is 11.9. The van der Waals surface area contributed by atoms with Crippen molar-refractivity contribution < 1.29 is 38.4 Å². The van der Waals surface area contributed by atoms with Crippen LogP contribution in [0, 0.1) is 23.7 Å². The van der Waals surface area contributed by atoms with E-state index in [0.717, 1.165) is 18.4 Å². The lowest BCUT2D eigenvalue weighted by Gasteiger charge is -2.43. The number of allylic oxidation sites excluding steroid dienone is 3. The van der Waals surface area contributed by atoms with Gasteiger partial charge in [-0.25, -0.2) is 4.79 Å². The minimum Gasteiger partial charge on any atom is -0.472 e. The molecule has 2 aliphatic heterocycles. The van der Waals surface area contributed by atoms with Crippen molar-refractivity contribution in [3.05, 3.63) is 47.0 Å². The van der Waals surface area contributed by atoms with Crippen LogP contribution in [-0.2, 0) is 28.2 Å². The first-order valence-corrected chi connectivity index (χ1v) is 16.3. The van der Waals surface area contributed by atoms with Gasteiger partial charge in [-0.1, -0.05) is 45.4 Å². The molecule has 0 fully saturated rings. The average Bonchev–Trinajstić information content (AvgIpc) is 3.48. The Hall–Kier alpha value is -2.20. The molecule has 9 heteroatoms. The molecule has 4 rings (SSSR count). The number of hydrogen-bond acceptors (Lipinski definition) is 8. The number of carbonyl (C=O) groups is 2. The summed E-state index contributed by atoms with van der Waals surface area (Å²) in [7, 11) is -0.534. The number of rotatable bonds is 6. The Balaban J connectivity index is 0.000000230. The van der Waals surface area contributed by atoms with Crippen molar-refractivity contribution in [1.82, 2.24) is 0 Å². The highest BCUT2D eigenvalue weighted by Crippen LogP contribution is 2.47. The summed E-state index contributed by atoms with van der Waals surface area (Å²) in [5.74, 6) is -0.400. The maximum absolute atomic E-state index is 12.0. The Morgan fingerprint density at radius 2 is 1.61 bits per heavy atom. The summed E-state index contributed by atoms with van der Waals surface area (Å²) in [6, 6.07) is 0. The fourth-order valence-electron chi connectivity index (χ4n) is 5.43. The first kappa shape index (κ1) is 30.3. The Morgan fingerprint density at radius 3 is 2.13 bits per heavy atom. The highest BCUT2D eigenvalue weighted by molar-refractivity contribution is 6.74. The zero-order valence-corrected chi connectivity index (χ0v) is 24.9. The number of ketones is 1. The van der Waals surface area contributed by atoms with Crippen molar-refractivity contribution >= 4 is 20.1 Å². The van der Waals surface area contributed by atoms with Gasteiger partial charge < -0.3 is 28.8 Å². The van der Waals surface area contributed by atoms with Gasteiger partial charge in [0.15, 0.2) is 20.4 Å². The third-order valence-corrected chi connectivity index (χ3v) is 13.1. The number of Topliss-reactive ketones (excluding diaryl/α,β-unsaturated/α-hetero) is 1. The Labute approximate surface area is 227 Å². The number of hydrogen-bond donors (Lipinski definition) is 2. The van der Waals surface area contributed by atoms with Gasteiger partial charge in [-0.2, -0.15) is 0 Å². The third kappa shape index (κ3) is 6.01. The molecule has 0 unspecified atom stereocenters. The molecular weight excluding hydrogens is 504 g/mol. The summed E-state index contributed by atoms with van der Waals surface area (Å²) >= 11 is 0. The molecule has 0 aromatic heterocycles. The summed E-state index contributed by atoms with van der Waals surface area (Å²) in [4.78, 5) is 23.4. The van der Waals surface area contributed by atoms with Gasteiger partial charge in [0.1, 0.15) is 0 Å². The minimum absolute atomic E-state index is 0.0339. The van der Waals surface area contributed by atoms with Crippen LogP contribution in [0.1, 0.15) is 53.9 Å². The van der Waals surface area contributed by atoms with Crippen LogP contribution in [0.15, 0.2) is 47.0 Å². The highest BCUT2D eigenvalue weighted by Gasteiger charge is 2.48. The number of carbonyl (C=O) groups excluding carboxylic acids is 2. The summed E-state index contributed by atoms with van der Waals surface area (Å²) < 4.78 is 22.4. The lowest BCUT2D eigenvalue weighted by molar-refractivity contribution is -0.140. The summed E-state index contributed by atoms with van der Waals surface area (Å²) in [5, 5.41) is 18.9. The first-order valence-electron chi connectivity index (χ1n) is 13.4. The average molecular weight is 549 g/mol. The highest BCUT2D eigenvalue weighted by atomic mass is 28.4. The molecule has 2 aliphatic carbocycles. The van der Waals surface area contributed by atoms with Crippen molar-refractivity contribution in [2.45, 2.75) is 84.6 Å². The van der Waals surface area contributed by atoms with Crippen molar-refractivity contribution in [3.63, 3.8) is 0 Å². The van der Waals surface area contributed by atoms with E-state index in [1.165, 1.54) is 25.9 Å². The van der Waals surface area contributed by atoms with Crippen LogP contribution in [0.4, 0.5) is 0 Å². The monoisotopic (exact) mass is 548 g/mol. The molecule has 0 saturated carbocycles. The van der Waals surface area contributed by atoms with E-state index in [2.05, 4.69) is 46.9 Å². The van der Waals surface area contributed by atoms with E-state index in [1.54, 1.807) is 6.26 Å². The Kier molecular flexibility index (Phi) is 9.50. The second-order valence-electron chi connectivity index (χ2n) is 11.9. The number of fused-ring (bicyclic) bond motifs is 2. The van der Waals surface area contributed by atoms with Crippen LogP contribution in [0.2, 0.25) is 18.1 Å². The lowest BCUT2D eigenvalue weighted by atomic mass is 9.82. The number of aliphatic hydroxyl groups is 2. The quantitative estimate of drug-likeness (QED) is 0.278. The molecule has 8 nitrogen and oxygen atoms in total. The van der Waals surface area contributed by atoms with Crippen molar-refractivity contribution in [2.24, 2.45) is 23.7 Å². The molecule has 4 aliphatic rings. The molecule has 0 aromatic carbocycles. The third-order valence-electron chi connectivity index (χ3n) is 8.69. The van der Waals surface area contributed by atoms with Gasteiger partial charge in [0, 0.05) is 23.3 Å². The number of esters is 1. The first-order chi connectivity index (χ1) is 17.8. The zero-order valence-electron chi connectivity index (χ0n) is 23.9. The van der Waals surface area contributed by atoms with E-state index in [-0.39, 0.29) is 53.4 Å². The van der Waals surface area contributed by atoms with E-state index >= 15 is 0 Å². The number of aliphatic hydroxyl groups excluding tert-OH is 2. The van der Waals surface area contributed by atoms with Gasteiger partial charge in [-0.15, -0.1) is 0 Å². The maximum Gasteiger partial charge on any atom is 0.337 e. The molecule has 0 radical (unpaired) electrons. The molecular formula is C29H44O8Si. The number of methoxy groups -OCH3 is 1. The predicted octanol–water partition coefficient (Wildman–Crippen LogP) is 4.76. The van der Waals surface area contributed by atoms with Gasteiger partial charge >= 0.3 is 5.97 Å². The second-order valence-corrected chi connectivity index (χ2v) is 16.7. The molecule has 2 N–H and O–H groups in total. The van der Waals surface area contributed by atoms with Crippen molar-refractivity contribution in [1.29, 1.82) is 0 Å². The Morgan fingerprint density at radius 1 is 1.03 bits per heavy atom. The smallest absolute Gasteiger partial charge is 0.337 e. The van der Waals surface area contributed by atoms with Crippen LogP contribution in [0.25, 0.3) is 0 Å². The molecule has 212 valence electrons. The minimum atomic E-state index is -1.95. The summed E-state index contributed by atoms with van der Waals surface area (Å²) in [6.45, 7) is 14.7. The van der Waals surface area contributed by atoms with E-state index in [9.17, 15) is 14.7 Å². The molecule has 0 saturated heterocycles. The van der Waals surface area contributed by atoms with E-state index in [1.807, 2.05) is 6.08 Å². The van der Waals surface area contributed by atoms with Crippen molar-refractivity contribution in [2.75, 3.05) is 13.7 Å². The normalized spacial score (nSPS) is 30.2.